The molecule has 0 amide bonds. The molecule has 0 saturated heterocycles. The molecule has 0 radical (unpaired) electrons. The largest absolute Gasteiger partial charge is 0.349 e. The number of aryl methyl sites for hydroxylation is 2. The summed E-state index contributed by atoms with van der Waals surface area (Å²) in [5.41, 5.74) is 5.69. The fraction of sp³-hybridized carbons (Fsp3) is 0.211. The van der Waals surface area contributed by atoms with Crippen LogP contribution in [-0.2, 0) is 7.05 Å². The molecule has 118 valence electrons. The van der Waals surface area contributed by atoms with Crippen LogP contribution in [0.5, 0.6) is 0 Å². The highest BCUT2D eigenvalue weighted by atomic mass is 16.1. The summed E-state index contributed by atoms with van der Waals surface area (Å²) >= 11 is 0. The fourth-order valence-electron chi connectivity index (χ4n) is 2.68. The molecule has 3 rings (SSSR count). The van der Waals surface area contributed by atoms with E-state index in [-0.39, 0.29) is 5.56 Å². The van der Waals surface area contributed by atoms with Crippen LogP contribution in [0.15, 0.2) is 53.3 Å². The van der Waals surface area contributed by atoms with Gasteiger partial charge in [0.2, 0.25) is 0 Å². The average molecular weight is 307 g/mol. The Labute approximate surface area is 136 Å². The minimum atomic E-state index is -0.0468. The monoisotopic (exact) mass is 307 g/mol. The van der Waals surface area contributed by atoms with E-state index < -0.39 is 0 Å². The van der Waals surface area contributed by atoms with Gasteiger partial charge in [0.05, 0.1) is 11.4 Å². The van der Waals surface area contributed by atoms with Crippen molar-refractivity contribution in [2.75, 3.05) is 5.32 Å². The van der Waals surface area contributed by atoms with Gasteiger partial charge in [0.1, 0.15) is 5.69 Å². The summed E-state index contributed by atoms with van der Waals surface area (Å²) in [6.07, 6.45) is 0. The number of nitrogens with one attached hydrogen (secondary N) is 1. The van der Waals surface area contributed by atoms with Crippen LogP contribution in [0, 0.1) is 20.8 Å². The maximum absolute atomic E-state index is 12.8. The lowest BCUT2D eigenvalue weighted by atomic mass is 10.1. The normalized spacial score (nSPS) is 10.8. The van der Waals surface area contributed by atoms with Gasteiger partial charge in [-0.2, -0.15) is 0 Å². The molecule has 0 fully saturated rings. The van der Waals surface area contributed by atoms with Crippen LogP contribution in [0.3, 0.4) is 0 Å². The van der Waals surface area contributed by atoms with Crippen LogP contribution < -0.4 is 10.9 Å². The van der Waals surface area contributed by atoms with Crippen LogP contribution >= 0.6 is 0 Å². The first kappa shape index (κ1) is 15.2. The Morgan fingerprint density at radius 2 is 1.61 bits per heavy atom. The molecule has 1 heterocycles. The fourth-order valence-corrected chi connectivity index (χ4v) is 2.68. The third kappa shape index (κ3) is 2.68. The second kappa shape index (κ2) is 5.80. The average Bonchev–Trinajstić information content (AvgIpc) is 2.75. The molecule has 4 heteroatoms. The molecule has 0 aliphatic heterocycles. The minimum Gasteiger partial charge on any atom is -0.349 e. The second-order valence-electron chi connectivity index (χ2n) is 5.86. The van der Waals surface area contributed by atoms with Crippen LogP contribution in [0.4, 0.5) is 11.4 Å². The van der Waals surface area contributed by atoms with Gasteiger partial charge in [-0.25, -0.2) is 4.68 Å². The Kier molecular flexibility index (Phi) is 3.82. The van der Waals surface area contributed by atoms with Gasteiger partial charge in [0.15, 0.2) is 0 Å². The Hall–Kier alpha value is -2.75. The third-order valence-corrected chi connectivity index (χ3v) is 4.33. The molecule has 1 aromatic heterocycles. The molecule has 0 atom stereocenters. The number of aromatic nitrogens is 2. The standard InChI is InChI=1S/C19H21N3O/c1-13-10-11-16(12-14(13)2)20-18-15(3)21(4)22(19(18)23)17-8-6-5-7-9-17/h5-12,20H,1-4H3. The number of anilines is 2. The van der Waals surface area contributed by atoms with Gasteiger partial charge in [-0.05, 0) is 56.2 Å². The molecule has 2 aromatic carbocycles. The van der Waals surface area contributed by atoms with E-state index in [1.54, 1.807) is 4.68 Å². The van der Waals surface area contributed by atoms with Crippen molar-refractivity contribution in [2.45, 2.75) is 20.8 Å². The lowest BCUT2D eigenvalue weighted by Crippen LogP contribution is -2.20. The van der Waals surface area contributed by atoms with Crippen molar-refractivity contribution in [3.8, 4) is 5.69 Å². The van der Waals surface area contributed by atoms with E-state index in [4.69, 9.17) is 0 Å². The molecule has 3 aromatic rings. The van der Waals surface area contributed by atoms with Gasteiger partial charge in [-0.1, -0.05) is 24.3 Å². The Morgan fingerprint density at radius 3 is 2.26 bits per heavy atom. The first-order chi connectivity index (χ1) is 11.0. The summed E-state index contributed by atoms with van der Waals surface area (Å²) in [5.74, 6) is 0. The summed E-state index contributed by atoms with van der Waals surface area (Å²) < 4.78 is 3.56. The zero-order chi connectivity index (χ0) is 16.6. The van der Waals surface area contributed by atoms with Crippen molar-refractivity contribution < 1.29 is 0 Å². The number of hydrogen-bond donors (Lipinski definition) is 1. The zero-order valence-corrected chi connectivity index (χ0v) is 13.9. The molecule has 0 saturated carbocycles. The van der Waals surface area contributed by atoms with Crippen molar-refractivity contribution in [1.82, 2.24) is 9.36 Å². The van der Waals surface area contributed by atoms with Gasteiger partial charge in [-0.15, -0.1) is 0 Å². The molecule has 4 nitrogen and oxygen atoms in total. The van der Waals surface area contributed by atoms with Gasteiger partial charge in [0, 0.05) is 12.7 Å². The van der Waals surface area contributed by atoms with E-state index in [2.05, 4.69) is 31.3 Å². The van der Waals surface area contributed by atoms with E-state index in [9.17, 15) is 4.79 Å². The quantitative estimate of drug-likeness (QED) is 0.798. The summed E-state index contributed by atoms with van der Waals surface area (Å²) in [5, 5.41) is 3.29. The molecular weight excluding hydrogens is 286 g/mol. The molecule has 0 bridgehead atoms. The highest BCUT2D eigenvalue weighted by molar-refractivity contribution is 5.63. The number of nitrogens with zero attached hydrogens (tertiary/aromatic N) is 2. The maximum atomic E-state index is 12.8. The predicted octanol–water partition coefficient (Wildman–Crippen LogP) is 3.84. The van der Waals surface area contributed by atoms with Crippen molar-refractivity contribution in [1.29, 1.82) is 0 Å². The number of hydrogen-bond acceptors (Lipinski definition) is 2. The number of rotatable bonds is 3. The van der Waals surface area contributed by atoms with E-state index in [0.717, 1.165) is 17.1 Å². The smallest absolute Gasteiger partial charge is 0.295 e. The molecule has 0 unspecified atom stereocenters. The van der Waals surface area contributed by atoms with Gasteiger partial charge in [0.25, 0.3) is 5.56 Å². The predicted molar refractivity (Wildman–Crippen MR) is 94.9 cm³/mol. The Morgan fingerprint density at radius 1 is 0.913 bits per heavy atom. The molecule has 1 N–H and O–H groups in total. The molecule has 0 aliphatic rings. The van der Waals surface area contributed by atoms with E-state index in [1.807, 2.05) is 55.1 Å². The first-order valence-electron chi connectivity index (χ1n) is 7.67. The molecule has 0 aliphatic carbocycles. The SMILES string of the molecule is Cc1ccc(Nc2c(C)n(C)n(-c3ccccc3)c2=O)cc1C. The van der Waals surface area contributed by atoms with Crippen LogP contribution in [0.25, 0.3) is 5.69 Å². The van der Waals surface area contributed by atoms with Crippen molar-refractivity contribution >= 4 is 11.4 Å². The van der Waals surface area contributed by atoms with Gasteiger partial charge < -0.3 is 5.32 Å². The minimum absolute atomic E-state index is 0.0468. The summed E-state index contributed by atoms with van der Waals surface area (Å²) in [6.45, 7) is 6.10. The lowest BCUT2D eigenvalue weighted by molar-refractivity contribution is 0.630. The van der Waals surface area contributed by atoms with Crippen molar-refractivity contribution in [2.24, 2.45) is 7.05 Å². The van der Waals surface area contributed by atoms with Gasteiger partial charge >= 0.3 is 0 Å². The molecule has 0 spiro atoms. The summed E-state index contributed by atoms with van der Waals surface area (Å²) in [7, 11) is 1.90. The second-order valence-corrected chi connectivity index (χ2v) is 5.86. The Balaban J connectivity index is 2.07. The topological polar surface area (TPSA) is 39.0 Å². The molecule has 23 heavy (non-hydrogen) atoms. The van der Waals surface area contributed by atoms with Crippen molar-refractivity contribution in [3.63, 3.8) is 0 Å². The van der Waals surface area contributed by atoms with Gasteiger partial charge in [-0.3, -0.25) is 9.48 Å². The zero-order valence-electron chi connectivity index (χ0n) is 13.9. The third-order valence-electron chi connectivity index (χ3n) is 4.33. The lowest BCUT2D eigenvalue weighted by Gasteiger charge is -2.08. The number of benzene rings is 2. The summed E-state index contributed by atoms with van der Waals surface area (Å²) in [4.78, 5) is 12.8. The van der Waals surface area contributed by atoms with E-state index >= 15 is 0 Å². The van der Waals surface area contributed by atoms with E-state index in [1.165, 1.54) is 11.1 Å². The maximum Gasteiger partial charge on any atom is 0.295 e. The van der Waals surface area contributed by atoms with Crippen LogP contribution in [0.2, 0.25) is 0 Å². The highest BCUT2D eigenvalue weighted by Gasteiger charge is 2.16. The molecular formula is C19H21N3O. The first-order valence-corrected chi connectivity index (χ1v) is 7.67. The van der Waals surface area contributed by atoms with Crippen LogP contribution in [-0.4, -0.2) is 9.36 Å². The summed E-state index contributed by atoms with van der Waals surface area (Å²) in [6, 6.07) is 15.8. The van der Waals surface area contributed by atoms with E-state index in [0.29, 0.717) is 5.69 Å². The Bertz CT molecular complexity index is 904. The van der Waals surface area contributed by atoms with Crippen LogP contribution in [0.1, 0.15) is 16.8 Å². The number of para-hydroxylation sites is 1. The highest BCUT2D eigenvalue weighted by Crippen LogP contribution is 2.21. The van der Waals surface area contributed by atoms with Crippen molar-refractivity contribution in [3.05, 3.63) is 75.7 Å².